The number of carbonyl (C=O) groups excluding carboxylic acids is 3. The van der Waals surface area contributed by atoms with E-state index in [1.165, 1.54) is 21.7 Å². The summed E-state index contributed by atoms with van der Waals surface area (Å²) in [7, 11) is 1.67. The van der Waals surface area contributed by atoms with Crippen LogP contribution in [0, 0.1) is 13.8 Å². The van der Waals surface area contributed by atoms with Crippen LogP contribution in [0.4, 0.5) is 11.4 Å². The number of hydrogen-bond donors (Lipinski definition) is 0. The van der Waals surface area contributed by atoms with E-state index in [2.05, 4.69) is 36.9 Å². The van der Waals surface area contributed by atoms with Crippen LogP contribution in [-0.4, -0.2) is 62.3 Å². The van der Waals surface area contributed by atoms with Crippen molar-refractivity contribution in [3.05, 3.63) is 53.1 Å². The summed E-state index contributed by atoms with van der Waals surface area (Å²) in [5.41, 5.74) is 4.85. The Labute approximate surface area is 188 Å². The number of ketones is 1. The first-order valence-electron chi connectivity index (χ1n) is 11.0. The van der Waals surface area contributed by atoms with Crippen molar-refractivity contribution in [1.82, 2.24) is 4.90 Å². The van der Waals surface area contributed by atoms with Crippen LogP contribution in [0.1, 0.15) is 34.3 Å². The number of anilines is 2. The molecule has 32 heavy (non-hydrogen) atoms. The molecule has 2 heterocycles. The van der Waals surface area contributed by atoms with E-state index >= 15 is 0 Å². The van der Waals surface area contributed by atoms with Gasteiger partial charge in [0, 0.05) is 57.3 Å². The molecule has 0 aromatic heterocycles. The number of nitrogens with zero attached hydrogens (tertiary/aromatic N) is 3. The second-order valence-electron chi connectivity index (χ2n) is 8.43. The van der Waals surface area contributed by atoms with Crippen LogP contribution in [0.25, 0.3) is 0 Å². The summed E-state index contributed by atoms with van der Waals surface area (Å²) in [5, 5.41) is 0. The average molecular weight is 436 g/mol. The second-order valence-corrected chi connectivity index (χ2v) is 8.43. The lowest BCUT2D eigenvalue weighted by Gasteiger charge is -2.37. The van der Waals surface area contributed by atoms with E-state index in [0.29, 0.717) is 30.1 Å². The highest BCUT2D eigenvalue weighted by molar-refractivity contribution is 6.02. The lowest BCUT2D eigenvalue weighted by Crippen LogP contribution is -2.49. The minimum atomic E-state index is -0.155. The number of Topliss-reactive ketones (excluding diaryl/α,β-unsaturated/α-hetero) is 1. The van der Waals surface area contributed by atoms with Gasteiger partial charge in [-0.1, -0.05) is 12.1 Å². The monoisotopic (exact) mass is 435 g/mol. The number of benzene rings is 2. The van der Waals surface area contributed by atoms with Gasteiger partial charge in [0.2, 0.25) is 5.91 Å². The number of carbonyl (C=O) groups is 3. The average Bonchev–Trinajstić information content (AvgIpc) is 2.81. The number of aryl methyl sites for hydroxylation is 1. The van der Waals surface area contributed by atoms with Gasteiger partial charge >= 0.3 is 0 Å². The number of amides is 2. The quantitative estimate of drug-likeness (QED) is 0.676. The van der Waals surface area contributed by atoms with Crippen molar-refractivity contribution < 1.29 is 19.1 Å². The Balaban J connectivity index is 1.31. The van der Waals surface area contributed by atoms with Gasteiger partial charge in [0.25, 0.3) is 5.91 Å². The number of ether oxygens (including phenoxy) is 1. The Kier molecular flexibility index (Phi) is 6.17. The molecule has 0 radical (unpaired) electrons. The number of likely N-dealkylation sites (N-methyl/N-ethyl adjacent to an activating group) is 1. The molecule has 1 fully saturated rings. The lowest BCUT2D eigenvalue weighted by molar-refractivity contribution is -0.131. The minimum Gasteiger partial charge on any atom is -0.482 e. The molecule has 1 saturated heterocycles. The molecule has 0 bridgehead atoms. The number of fused-ring (bicyclic) bond motifs is 1. The zero-order chi connectivity index (χ0) is 22.8. The molecule has 2 amide bonds. The standard InChI is InChI=1S/C25H29N3O4/c1-17-5-4-6-20(18(17)2)27-11-13-28(14-12-27)24(30)10-8-22(29)19-7-9-23-21(15-19)26(3)25(31)16-32-23/h4-7,9,15H,8,10-14,16H2,1-3H3. The largest absolute Gasteiger partial charge is 0.482 e. The fourth-order valence-corrected chi connectivity index (χ4v) is 4.24. The van der Waals surface area contributed by atoms with Crippen LogP contribution >= 0.6 is 0 Å². The van der Waals surface area contributed by atoms with Gasteiger partial charge in [0.1, 0.15) is 5.75 Å². The summed E-state index contributed by atoms with van der Waals surface area (Å²) in [6.45, 7) is 7.13. The third-order valence-corrected chi connectivity index (χ3v) is 6.48. The smallest absolute Gasteiger partial charge is 0.264 e. The maximum atomic E-state index is 12.7. The normalized spacial score (nSPS) is 16.0. The maximum Gasteiger partial charge on any atom is 0.264 e. The van der Waals surface area contributed by atoms with E-state index in [9.17, 15) is 14.4 Å². The summed E-state index contributed by atoms with van der Waals surface area (Å²) in [6, 6.07) is 11.4. The highest BCUT2D eigenvalue weighted by Gasteiger charge is 2.25. The van der Waals surface area contributed by atoms with E-state index in [-0.39, 0.29) is 37.0 Å². The van der Waals surface area contributed by atoms with Gasteiger partial charge in [0.05, 0.1) is 5.69 Å². The molecule has 2 aromatic rings. The SMILES string of the molecule is Cc1cccc(N2CCN(C(=O)CCC(=O)c3ccc4c(c3)N(C)C(=O)CO4)CC2)c1C. The van der Waals surface area contributed by atoms with Gasteiger partial charge in [-0.05, 0) is 49.2 Å². The molecule has 2 aliphatic rings. The lowest BCUT2D eigenvalue weighted by atomic mass is 10.0. The topological polar surface area (TPSA) is 70.2 Å². The Morgan fingerprint density at radius 3 is 2.47 bits per heavy atom. The molecule has 0 spiro atoms. The molecule has 7 heteroatoms. The van der Waals surface area contributed by atoms with Crippen molar-refractivity contribution in [3.8, 4) is 5.75 Å². The fraction of sp³-hybridized carbons (Fsp3) is 0.400. The van der Waals surface area contributed by atoms with Gasteiger partial charge in [-0.3, -0.25) is 14.4 Å². The zero-order valence-electron chi connectivity index (χ0n) is 18.9. The zero-order valence-corrected chi connectivity index (χ0v) is 18.9. The molecule has 2 aromatic carbocycles. The molecule has 0 aliphatic carbocycles. The molecular formula is C25H29N3O4. The van der Waals surface area contributed by atoms with Gasteiger partial charge in [-0.25, -0.2) is 0 Å². The van der Waals surface area contributed by atoms with Gasteiger partial charge in [-0.15, -0.1) is 0 Å². The molecule has 168 valence electrons. The summed E-state index contributed by atoms with van der Waals surface area (Å²) >= 11 is 0. The van der Waals surface area contributed by atoms with E-state index in [0.717, 1.165) is 13.1 Å². The molecule has 2 aliphatic heterocycles. The maximum absolute atomic E-state index is 12.7. The van der Waals surface area contributed by atoms with E-state index < -0.39 is 0 Å². The van der Waals surface area contributed by atoms with E-state index in [4.69, 9.17) is 4.74 Å². The van der Waals surface area contributed by atoms with E-state index in [1.54, 1.807) is 25.2 Å². The number of piperazine rings is 1. The number of hydrogen-bond acceptors (Lipinski definition) is 5. The Hall–Kier alpha value is -3.35. The van der Waals surface area contributed by atoms with Crippen molar-refractivity contribution in [2.45, 2.75) is 26.7 Å². The van der Waals surface area contributed by atoms with Crippen molar-refractivity contribution >= 4 is 29.0 Å². The summed E-state index contributed by atoms with van der Waals surface area (Å²) < 4.78 is 5.41. The minimum absolute atomic E-state index is 0.00199. The van der Waals surface area contributed by atoms with Crippen molar-refractivity contribution in [2.24, 2.45) is 0 Å². The third kappa shape index (κ3) is 4.33. The first-order valence-corrected chi connectivity index (χ1v) is 11.0. The van der Waals surface area contributed by atoms with Crippen LogP contribution in [0.15, 0.2) is 36.4 Å². The molecule has 0 saturated carbocycles. The first-order chi connectivity index (χ1) is 15.3. The van der Waals surface area contributed by atoms with Crippen molar-refractivity contribution in [1.29, 1.82) is 0 Å². The second kappa shape index (κ2) is 9.02. The fourth-order valence-electron chi connectivity index (χ4n) is 4.24. The molecule has 7 nitrogen and oxygen atoms in total. The van der Waals surface area contributed by atoms with Crippen LogP contribution < -0.4 is 14.5 Å². The predicted octanol–water partition coefficient (Wildman–Crippen LogP) is 2.97. The summed E-state index contributed by atoms with van der Waals surface area (Å²) in [4.78, 5) is 42.9. The Morgan fingerprint density at radius 1 is 0.969 bits per heavy atom. The van der Waals surface area contributed by atoms with Crippen LogP contribution in [0.5, 0.6) is 5.75 Å². The summed E-state index contributed by atoms with van der Waals surface area (Å²) in [5.74, 6) is 0.327. The molecular weight excluding hydrogens is 406 g/mol. The highest BCUT2D eigenvalue weighted by atomic mass is 16.5. The predicted molar refractivity (Wildman–Crippen MR) is 124 cm³/mol. The summed E-state index contributed by atoms with van der Waals surface area (Å²) in [6.07, 6.45) is 0.331. The molecule has 0 N–H and O–H groups in total. The van der Waals surface area contributed by atoms with Gasteiger partial charge in [0.15, 0.2) is 12.4 Å². The Bertz CT molecular complexity index is 1060. The first kappa shape index (κ1) is 21.9. The van der Waals surface area contributed by atoms with Crippen molar-refractivity contribution in [2.75, 3.05) is 49.6 Å². The van der Waals surface area contributed by atoms with Gasteiger partial charge < -0.3 is 19.4 Å². The number of rotatable bonds is 5. The highest BCUT2D eigenvalue weighted by Crippen LogP contribution is 2.32. The molecule has 0 atom stereocenters. The van der Waals surface area contributed by atoms with Crippen LogP contribution in [0.3, 0.4) is 0 Å². The van der Waals surface area contributed by atoms with E-state index in [1.807, 2.05) is 4.90 Å². The molecule has 0 unspecified atom stereocenters. The Morgan fingerprint density at radius 2 is 1.72 bits per heavy atom. The van der Waals surface area contributed by atoms with Crippen molar-refractivity contribution in [3.63, 3.8) is 0 Å². The van der Waals surface area contributed by atoms with Gasteiger partial charge in [-0.2, -0.15) is 0 Å². The van der Waals surface area contributed by atoms with Crippen LogP contribution in [-0.2, 0) is 9.59 Å². The van der Waals surface area contributed by atoms with Crippen LogP contribution in [0.2, 0.25) is 0 Å². The third-order valence-electron chi connectivity index (χ3n) is 6.48. The molecule has 4 rings (SSSR count).